The van der Waals surface area contributed by atoms with E-state index in [2.05, 4.69) is 10.3 Å². The molecule has 2 heterocycles. The highest BCUT2D eigenvalue weighted by atomic mass is 16.2. The van der Waals surface area contributed by atoms with Gasteiger partial charge in [-0.15, -0.1) is 0 Å². The number of rotatable bonds is 2. The highest BCUT2D eigenvalue weighted by Crippen LogP contribution is 2.14. The molecule has 2 rings (SSSR count). The van der Waals surface area contributed by atoms with Gasteiger partial charge in [-0.25, -0.2) is 4.98 Å². The Kier molecular flexibility index (Phi) is 3.46. The molecule has 3 amide bonds. The van der Waals surface area contributed by atoms with Crippen LogP contribution in [0.3, 0.4) is 0 Å². The van der Waals surface area contributed by atoms with Crippen LogP contribution in [-0.4, -0.2) is 40.2 Å². The van der Waals surface area contributed by atoms with Crippen molar-refractivity contribution in [3.8, 4) is 0 Å². The van der Waals surface area contributed by atoms with Crippen molar-refractivity contribution in [1.29, 1.82) is 0 Å². The monoisotopic (exact) mass is 262 g/mol. The van der Waals surface area contributed by atoms with Crippen molar-refractivity contribution in [3.63, 3.8) is 0 Å². The Balaban J connectivity index is 2.27. The summed E-state index contributed by atoms with van der Waals surface area (Å²) in [7, 11) is 0. The van der Waals surface area contributed by atoms with Crippen LogP contribution in [0.5, 0.6) is 0 Å². The van der Waals surface area contributed by atoms with Crippen molar-refractivity contribution < 1.29 is 14.4 Å². The van der Waals surface area contributed by atoms with E-state index in [4.69, 9.17) is 5.73 Å². The van der Waals surface area contributed by atoms with Crippen molar-refractivity contribution in [2.45, 2.75) is 19.4 Å². The lowest BCUT2D eigenvalue weighted by atomic mass is 10.1. The molecule has 0 radical (unpaired) electrons. The lowest BCUT2D eigenvalue weighted by Gasteiger charge is -2.33. The molecule has 100 valence electrons. The third-order valence-corrected chi connectivity index (χ3v) is 2.94. The third-order valence-electron chi connectivity index (χ3n) is 2.94. The molecule has 1 aromatic rings. The molecular weight excluding hydrogens is 248 g/mol. The third kappa shape index (κ3) is 2.54. The van der Waals surface area contributed by atoms with Crippen LogP contribution >= 0.6 is 0 Å². The number of amides is 3. The number of hydrogen-bond donors (Lipinski definition) is 2. The first-order chi connectivity index (χ1) is 9.02. The van der Waals surface area contributed by atoms with Crippen LogP contribution in [0.25, 0.3) is 0 Å². The molecule has 1 aromatic heterocycles. The van der Waals surface area contributed by atoms with E-state index in [-0.39, 0.29) is 6.54 Å². The fourth-order valence-electron chi connectivity index (χ4n) is 1.98. The van der Waals surface area contributed by atoms with Gasteiger partial charge in [0, 0.05) is 6.20 Å². The van der Waals surface area contributed by atoms with Crippen LogP contribution in [0.1, 0.15) is 23.7 Å². The lowest BCUT2D eigenvalue weighted by molar-refractivity contribution is -0.138. The highest BCUT2D eigenvalue weighted by molar-refractivity contribution is 6.07. The Morgan fingerprint density at radius 1 is 1.53 bits per heavy atom. The fourth-order valence-corrected chi connectivity index (χ4v) is 1.98. The predicted molar refractivity (Wildman–Crippen MR) is 66.9 cm³/mol. The van der Waals surface area contributed by atoms with Crippen LogP contribution < -0.4 is 11.1 Å². The standard InChI is InChI=1S/C12H14N4O3/c1-2-8-11(18)15-10(17)6-16(8)12(19)7-3-4-9(13)14-5-7/h3-5,8H,2,6H2,1H3,(H2,13,14)(H,15,17,18). The van der Waals surface area contributed by atoms with Gasteiger partial charge in [-0.3, -0.25) is 19.7 Å². The molecule has 1 saturated heterocycles. The normalized spacial score (nSPS) is 19.2. The number of nitrogen functional groups attached to an aromatic ring is 1. The zero-order valence-corrected chi connectivity index (χ0v) is 10.4. The number of anilines is 1. The minimum atomic E-state index is -0.636. The number of carbonyl (C=O) groups excluding carboxylic acids is 3. The zero-order valence-electron chi connectivity index (χ0n) is 10.4. The largest absolute Gasteiger partial charge is 0.384 e. The maximum Gasteiger partial charge on any atom is 0.256 e. The Labute approximate surface area is 109 Å². The van der Waals surface area contributed by atoms with Gasteiger partial charge in [0.05, 0.1) is 5.56 Å². The minimum absolute atomic E-state index is 0.131. The molecule has 1 fully saturated rings. The van der Waals surface area contributed by atoms with Gasteiger partial charge in [0.1, 0.15) is 18.4 Å². The zero-order chi connectivity index (χ0) is 14.0. The summed E-state index contributed by atoms with van der Waals surface area (Å²) in [4.78, 5) is 40.4. The number of nitrogens with zero attached hydrogens (tertiary/aromatic N) is 2. The quantitative estimate of drug-likeness (QED) is 0.702. The van der Waals surface area contributed by atoms with E-state index in [0.717, 1.165) is 0 Å². The summed E-state index contributed by atoms with van der Waals surface area (Å²) in [6, 6.07) is 2.39. The molecule has 1 atom stereocenters. The number of imide groups is 1. The second kappa shape index (κ2) is 5.05. The lowest BCUT2D eigenvalue weighted by Crippen LogP contribution is -2.59. The molecule has 7 nitrogen and oxygen atoms in total. The first-order valence-corrected chi connectivity index (χ1v) is 5.89. The molecule has 1 aliphatic heterocycles. The van der Waals surface area contributed by atoms with E-state index in [1.165, 1.54) is 23.2 Å². The van der Waals surface area contributed by atoms with Crippen molar-refractivity contribution >= 4 is 23.5 Å². The van der Waals surface area contributed by atoms with Crippen molar-refractivity contribution in [2.75, 3.05) is 12.3 Å². The molecule has 7 heteroatoms. The highest BCUT2D eigenvalue weighted by Gasteiger charge is 2.35. The maximum absolute atomic E-state index is 12.3. The van der Waals surface area contributed by atoms with Gasteiger partial charge >= 0.3 is 0 Å². The maximum atomic E-state index is 12.3. The summed E-state index contributed by atoms with van der Waals surface area (Å²) in [5.41, 5.74) is 5.75. The summed E-state index contributed by atoms with van der Waals surface area (Å²) in [6.07, 6.45) is 1.77. The van der Waals surface area contributed by atoms with Crippen LogP contribution in [0, 0.1) is 0 Å². The van der Waals surface area contributed by atoms with Gasteiger partial charge in [-0.1, -0.05) is 6.92 Å². The number of aromatic nitrogens is 1. The average Bonchev–Trinajstić information content (AvgIpc) is 2.38. The van der Waals surface area contributed by atoms with Gasteiger partial charge in [-0.05, 0) is 18.6 Å². The second-order valence-corrected chi connectivity index (χ2v) is 4.24. The SMILES string of the molecule is CCC1C(=O)NC(=O)CN1C(=O)c1ccc(N)nc1. The van der Waals surface area contributed by atoms with Gasteiger partial charge in [-0.2, -0.15) is 0 Å². The first kappa shape index (κ1) is 13.0. The number of pyridine rings is 1. The summed E-state index contributed by atoms with van der Waals surface area (Å²) in [6.45, 7) is 1.65. The molecule has 1 aliphatic rings. The van der Waals surface area contributed by atoms with E-state index < -0.39 is 23.8 Å². The topological polar surface area (TPSA) is 105 Å². The van der Waals surface area contributed by atoms with Gasteiger partial charge in [0.2, 0.25) is 11.8 Å². The van der Waals surface area contributed by atoms with E-state index >= 15 is 0 Å². The van der Waals surface area contributed by atoms with Crippen LogP contribution in [0.2, 0.25) is 0 Å². The summed E-state index contributed by atoms with van der Waals surface area (Å²) >= 11 is 0. The van der Waals surface area contributed by atoms with Crippen molar-refractivity contribution in [2.24, 2.45) is 0 Å². The smallest absolute Gasteiger partial charge is 0.256 e. The van der Waals surface area contributed by atoms with Crippen molar-refractivity contribution in [3.05, 3.63) is 23.9 Å². The number of piperazine rings is 1. The van der Waals surface area contributed by atoms with Crippen LogP contribution in [0.4, 0.5) is 5.82 Å². The molecule has 0 aromatic carbocycles. The number of hydrogen-bond acceptors (Lipinski definition) is 5. The van der Waals surface area contributed by atoms with Crippen molar-refractivity contribution in [1.82, 2.24) is 15.2 Å². The van der Waals surface area contributed by atoms with Crippen LogP contribution in [-0.2, 0) is 9.59 Å². The number of nitrogens with one attached hydrogen (secondary N) is 1. The molecule has 1 unspecified atom stereocenters. The molecular formula is C12H14N4O3. The van der Waals surface area contributed by atoms with E-state index in [0.29, 0.717) is 17.8 Å². The van der Waals surface area contributed by atoms with E-state index in [1.54, 1.807) is 6.92 Å². The summed E-state index contributed by atoms with van der Waals surface area (Å²) < 4.78 is 0. The molecule has 3 N–H and O–H groups in total. The average molecular weight is 262 g/mol. The number of nitrogens with two attached hydrogens (primary N) is 1. The summed E-state index contributed by atoms with van der Waals surface area (Å²) in [5.74, 6) is -1.03. The first-order valence-electron chi connectivity index (χ1n) is 5.89. The minimum Gasteiger partial charge on any atom is -0.384 e. The molecule has 0 bridgehead atoms. The second-order valence-electron chi connectivity index (χ2n) is 4.24. The molecule has 19 heavy (non-hydrogen) atoms. The Morgan fingerprint density at radius 3 is 2.84 bits per heavy atom. The molecule has 0 aliphatic carbocycles. The van der Waals surface area contributed by atoms with Crippen LogP contribution in [0.15, 0.2) is 18.3 Å². The Bertz CT molecular complexity index is 526. The van der Waals surface area contributed by atoms with E-state index in [1.807, 2.05) is 0 Å². The molecule has 0 saturated carbocycles. The van der Waals surface area contributed by atoms with E-state index in [9.17, 15) is 14.4 Å². The number of carbonyl (C=O) groups is 3. The van der Waals surface area contributed by atoms with Gasteiger partial charge in [0.15, 0.2) is 0 Å². The van der Waals surface area contributed by atoms with Gasteiger partial charge < -0.3 is 10.6 Å². The Hall–Kier alpha value is -2.44. The summed E-state index contributed by atoms with van der Waals surface area (Å²) in [5, 5.41) is 2.22. The fraction of sp³-hybridized carbons (Fsp3) is 0.333. The predicted octanol–water partition coefficient (Wildman–Crippen LogP) is -0.459. The molecule has 0 spiro atoms. The van der Waals surface area contributed by atoms with Gasteiger partial charge in [0.25, 0.3) is 5.91 Å². The Morgan fingerprint density at radius 2 is 2.26 bits per heavy atom.